The summed E-state index contributed by atoms with van der Waals surface area (Å²) in [7, 11) is 0. The summed E-state index contributed by atoms with van der Waals surface area (Å²) in [5, 5.41) is 9.97. The van der Waals surface area contributed by atoms with E-state index in [1.165, 1.54) is 0 Å². The van der Waals surface area contributed by atoms with Crippen LogP contribution in [0.3, 0.4) is 0 Å². The van der Waals surface area contributed by atoms with Crippen LogP contribution < -0.4 is 10.9 Å². The van der Waals surface area contributed by atoms with Gasteiger partial charge in [0, 0.05) is 12.8 Å². The summed E-state index contributed by atoms with van der Waals surface area (Å²) >= 11 is 0. The van der Waals surface area contributed by atoms with E-state index in [-0.39, 0.29) is 25.2 Å². The van der Waals surface area contributed by atoms with Crippen molar-refractivity contribution < 1.29 is 24.4 Å². The molecule has 1 aliphatic heterocycles. The average molecular weight is 415 g/mol. The van der Waals surface area contributed by atoms with E-state index in [1.54, 1.807) is 11.6 Å². The van der Waals surface area contributed by atoms with Gasteiger partial charge < -0.3 is 0 Å². The second kappa shape index (κ2) is 11.3. The fourth-order valence-electron chi connectivity index (χ4n) is 3.49. The molecule has 0 unspecified atom stereocenters. The highest BCUT2D eigenvalue weighted by atomic mass is 16.5. The van der Waals surface area contributed by atoms with Gasteiger partial charge in [0.05, 0.1) is 11.8 Å². The minimum atomic E-state index is -0.868. The lowest BCUT2D eigenvalue weighted by Gasteiger charge is -2.30. The Labute approximate surface area is 176 Å². The van der Waals surface area contributed by atoms with Crippen LogP contribution in [0.15, 0.2) is 36.4 Å². The van der Waals surface area contributed by atoms with E-state index in [0.29, 0.717) is 12.8 Å². The lowest BCUT2D eigenvalue weighted by Crippen LogP contribution is -2.54. The van der Waals surface area contributed by atoms with Crippen molar-refractivity contribution in [3.8, 4) is 0 Å². The Morgan fingerprint density at radius 3 is 2.27 bits per heavy atom. The normalized spacial score (nSPS) is 16.6. The molecule has 0 aromatic heterocycles. The third-order valence-corrected chi connectivity index (χ3v) is 5.00. The number of carbonyl (C=O) groups excluding carboxylic acids is 4. The molecule has 0 saturated carbocycles. The van der Waals surface area contributed by atoms with Crippen molar-refractivity contribution >= 4 is 29.7 Å². The topological polar surface area (TPSA) is 116 Å². The number of nitrogens with one attached hydrogen (secondary N) is 2. The van der Waals surface area contributed by atoms with E-state index in [1.807, 2.05) is 50.3 Å². The maximum atomic E-state index is 13.0. The molecule has 1 heterocycles. The smallest absolute Gasteiger partial charge is 0.248 e. The molecule has 1 aromatic rings. The van der Waals surface area contributed by atoms with Gasteiger partial charge in [0.1, 0.15) is 0 Å². The Hall–Kier alpha value is -3.00. The van der Waals surface area contributed by atoms with Gasteiger partial charge in [-0.3, -0.25) is 29.8 Å². The van der Waals surface area contributed by atoms with Crippen molar-refractivity contribution in [3.05, 3.63) is 42.0 Å². The average Bonchev–Trinajstić information content (AvgIpc) is 2.72. The number of rotatable bonds is 9. The van der Waals surface area contributed by atoms with Crippen LogP contribution in [0.5, 0.6) is 0 Å². The predicted molar refractivity (Wildman–Crippen MR) is 110 cm³/mol. The molecule has 2 atom stereocenters. The molecule has 1 aliphatic rings. The van der Waals surface area contributed by atoms with Crippen LogP contribution in [0.25, 0.3) is 6.08 Å². The summed E-state index contributed by atoms with van der Waals surface area (Å²) in [4.78, 5) is 49.4. The van der Waals surface area contributed by atoms with Crippen LogP contribution in [-0.4, -0.2) is 33.8 Å². The van der Waals surface area contributed by atoms with Gasteiger partial charge in [0.25, 0.3) is 0 Å². The van der Waals surface area contributed by atoms with E-state index in [9.17, 15) is 24.4 Å². The van der Waals surface area contributed by atoms with E-state index in [2.05, 4.69) is 5.43 Å². The first-order chi connectivity index (χ1) is 14.3. The quantitative estimate of drug-likeness (QED) is 0.325. The molecule has 3 N–H and O–H groups in total. The number of carbonyl (C=O) groups is 4. The number of hydrogen-bond donors (Lipinski definition) is 3. The highest BCUT2D eigenvalue weighted by molar-refractivity contribution is 5.99. The number of allylic oxidation sites excluding steroid dienone is 1. The summed E-state index contributed by atoms with van der Waals surface area (Å²) in [6, 6.07) is 9.48. The number of piperidine rings is 1. The molecule has 0 aliphatic carbocycles. The van der Waals surface area contributed by atoms with Crippen LogP contribution >= 0.6 is 0 Å². The predicted octanol–water partition coefficient (Wildman–Crippen LogP) is 2.44. The molecule has 8 heteroatoms. The van der Waals surface area contributed by atoms with Gasteiger partial charge in [0.15, 0.2) is 0 Å². The van der Waals surface area contributed by atoms with E-state index >= 15 is 0 Å². The first kappa shape index (κ1) is 23.3. The highest BCUT2D eigenvalue weighted by Gasteiger charge is 2.36. The maximum absolute atomic E-state index is 13.0. The molecular weight excluding hydrogens is 386 g/mol. The van der Waals surface area contributed by atoms with E-state index < -0.39 is 35.5 Å². The van der Waals surface area contributed by atoms with Gasteiger partial charge in [-0.25, -0.2) is 5.48 Å². The van der Waals surface area contributed by atoms with Crippen LogP contribution in [0.4, 0.5) is 0 Å². The number of amides is 4. The Balaban J connectivity index is 2.20. The zero-order valence-corrected chi connectivity index (χ0v) is 17.3. The fraction of sp³-hybridized carbons (Fsp3) is 0.455. The second-order valence-electron chi connectivity index (χ2n) is 7.82. The van der Waals surface area contributed by atoms with Gasteiger partial charge in [0.2, 0.25) is 23.6 Å². The summed E-state index contributed by atoms with van der Waals surface area (Å²) < 4.78 is 0. The number of benzene rings is 1. The first-order valence-corrected chi connectivity index (χ1v) is 10.1. The van der Waals surface area contributed by atoms with Crippen molar-refractivity contribution in [1.82, 2.24) is 15.9 Å². The second-order valence-corrected chi connectivity index (χ2v) is 7.82. The molecule has 162 valence electrons. The monoisotopic (exact) mass is 415 g/mol. The van der Waals surface area contributed by atoms with Gasteiger partial charge in [-0.15, -0.1) is 0 Å². The Morgan fingerprint density at radius 1 is 1.07 bits per heavy atom. The summed E-state index contributed by atoms with van der Waals surface area (Å²) in [6.07, 6.45) is 4.97. The minimum Gasteiger partial charge on any atom is -0.289 e. The molecule has 1 saturated heterocycles. The number of hydrazine groups is 1. The first-order valence-electron chi connectivity index (χ1n) is 10.1. The number of nitrogens with zero attached hydrogens (tertiary/aromatic N) is 1. The molecule has 4 amide bonds. The molecule has 8 nitrogen and oxygen atoms in total. The Morgan fingerprint density at radius 2 is 1.70 bits per heavy atom. The van der Waals surface area contributed by atoms with Crippen LogP contribution in [0.2, 0.25) is 0 Å². The van der Waals surface area contributed by atoms with Crippen LogP contribution in [0.1, 0.15) is 51.5 Å². The summed E-state index contributed by atoms with van der Waals surface area (Å²) in [6.45, 7) is 3.82. The SMILES string of the molecule is CC(C)C[C@@H](C(=O)NN1C(=O)CCCC1=O)[C@H](CC=Cc1ccccc1)C(=O)NO. The van der Waals surface area contributed by atoms with Gasteiger partial charge in [-0.2, -0.15) is 5.01 Å². The minimum absolute atomic E-state index is 0.0700. The molecule has 0 bridgehead atoms. The van der Waals surface area contributed by atoms with Gasteiger partial charge >= 0.3 is 0 Å². The Kier molecular flexibility index (Phi) is 8.73. The van der Waals surface area contributed by atoms with Crippen LogP contribution in [0, 0.1) is 17.8 Å². The Bertz CT molecular complexity index is 775. The standard InChI is InChI=1S/C22H29N3O5/c1-15(2)14-18(21(28)23-25-19(26)12-7-13-20(25)27)17(22(29)24-30)11-6-10-16-8-4-3-5-9-16/h3-6,8-10,15,17-18,30H,7,11-14H2,1-2H3,(H,23,28)(H,24,29)/t17-,18+/m0/s1. The van der Waals surface area contributed by atoms with Crippen molar-refractivity contribution in [2.75, 3.05) is 0 Å². The van der Waals surface area contributed by atoms with E-state index in [4.69, 9.17) is 0 Å². The molecule has 1 aromatic carbocycles. The van der Waals surface area contributed by atoms with Crippen molar-refractivity contribution in [2.45, 2.75) is 46.0 Å². The molecule has 30 heavy (non-hydrogen) atoms. The molecule has 0 radical (unpaired) electrons. The number of hydroxylamine groups is 1. The largest absolute Gasteiger partial charge is 0.289 e. The lowest BCUT2D eigenvalue weighted by atomic mass is 9.82. The zero-order valence-electron chi connectivity index (χ0n) is 17.3. The van der Waals surface area contributed by atoms with Crippen molar-refractivity contribution in [1.29, 1.82) is 0 Å². The summed E-state index contributed by atoms with van der Waals surface area (Å²) in [5.74, 6) is -3.84. The summed E-state index contributed by atoms with van der Waals surface area (Å²) in [5.41, 5.74) is 4.98. The van der Waals surface area contributed by atoms with Crippen LogP contribution in [-0.2, 0) is 19.2 Å². The molecular formula is C22H29N3O5. The van der Waals surface area contributed by atoms with Gasteiger partial charge in [-0.1, -0.05) is 56.3 Å². The van der Waals surface area contributed by atoms with Crippen molar-refractivity contribution in [3.63, 3.8) is 0 Å². The lowest BCUT2D eigenvalue weighted by molar-refractivity contribution is -0.158. The molecule has 2 rings (SSSR count). The third kappa shape index (κ3) is 6.52. The third-order valence-electron chi connectivity index (χ3n) is 5.00. The van der Waals surface area contributed by atoms with E-state index in [0.717, 1.165) is 10.6 Å². The van der Waals surface area contributed by atoms with Crippen molar-refractivity contribution in [2.24, 2.45) is 17.8 Å². The molecule has 0 spiro atoms. The highest BCUT2D eigenvalue weighted by Crippen LogP contribution is 2.26. The fourth-order valence-corrected chi connectivity index (χ4v) is 3.49. The number of hydrogen-bond acceptors (Lipinski definition) is 5. The molecule has 1 fully saturated rings. The number of imide groups is 1. The maximum Gasteiger partial charge on any atom is 0.248 e. The van der Waals surface area contributed by atoms with Gasteiger partial charge in [-0.05, 0) is 30.7 Å². The zero-order chi connectivity index (χ0) is 22.1.